The third-order valence-electron chi connectivity index (χ3n) is 8.87. The van der Waals surface area contributed by atoms with Gasteiger partial charge in [0.05, 0.1) is 14.2 Å². The molecule has 6 heteroatoms. The molecule has 1 unspecified atom stereocenters. The van der Waals surface area contributed by atoms with Gasteiger partial charge in [-0.05, 0) is 91.1 Å². The van der Waals surface area contributed by atoms with Crippen molar-refractivity contribution in [1.82, 2.24) is 15.2 Å². The van der Waals surface area contributed by atoms with Crippen molar-refractivity contribution < 1.29 is 14.6 Å². The number of nitrogens with zero attached hydrogens (tertiary/aromatic N) is 1. The first-order valence-electron chi connectivity index (χ1n) is 13.1. The van der Waals surface area contributed by atoms with Crippen molar-refractivity contribution in [2.24, 2.45) is 11.8 Å². The Bertz CT molecular complexity index is 1240. The number of fused-ring (bicyclic) bond motifs is 6. The van der Waals surface area contributed by atoms with E-state index in [1.807, 2.05) is 12.1 Å². The van der Waals surface area contributed by atoms with Crippen molar-refractivity contribution in [2.45, 2.75) is 51.1 Å². The summed E-state index contributed by atoms with van der Waals surface area (Å²) in [4.78, 5) is 6.41. The molecule has 0 aliphatic carbocycles. The van der Waals surface area contributed by atoms with Crippen LogP contribution in [0.3, 0.4) is 0 Å². The van der Waals surface area contributed by atoms with Gasteiger partial charge in [0.1, 0.15) is 5.75 Å². The van der Waals surface area contributed by atoms with Crippen LogP contribution >= 0.6 is 0 Å². The van der Waals surface area contributed by atoms with Gasteiger partial charge >= 0.3 is 0 Å². The third kappa shape index (κ3) is 3.87. The van der Waals surface area contributed by atoms with Crippen LogP contribution in [0.15, 0.2) is 30.3 Å². The Hall–Kier alpha value is -2.70. The Morgan fingerprint density at radius 2 is 1.89 bits per heavy atom. The summed E-state index contributed by atoms with van der Waals surface area (Å²) in [7, 11) is 3.45. The maximum Gasteiger partial charge on any atom is 0.161 e. The van der Waals surface area contributed by atoms with Crippen LogP contribution in [-0.4, -0.2) is 48.8 Å². The lowest BCUT2D eigenvalue weighted by molar-refractivity contribution is 0.0433. The minimum Gasteiger partial charge on any atom is -0.508 e. The average molecular weight is 476 g/mol. The molecule has 0 amide bonds. The van der Waals surface area contributed by atoms with Crippen molar-refractivity contribution in [3.63, 3.8) is 0 Å². The number of rotatable bonds is 5. The number of hydrogen-bond donors (Lipinski definition) is 3. The van der Waals surface area contributed by atoms with E-state index in [9.17, 15) is 5.11 Å². The second-order valence-electron chi connectivity index (χ2n) is 10.6. The van der Waals surface area contributed by atoms with E-state index in [0.717, 1.165) is 49.4 Å². The summed E-state index contributed by atoms with van der Waals surface area (Å²) >= 11 is 0. The van der Waals surface area contributed by atoms with Gasteiger partial charge in [0.15, 0.2) is 11.5 Å². The maximum absolute atomic E-state index is 10.1. The summed E-state index contributed by atoms with van der Waals surface area (Å²) in [6, 6.07) is 10.9. The van der Waals surface area contributed by atoms with Crippen LogP contribution in [0.4, 0.5) is 0 Å². The highest BCUT2D eigenvalue weighted by Crippen LogP contribution is 2.47. The van der Waals surface area contributed by atoms with E-state index in [0.29, 0.717) is 29.7 Å². The molecule has 35 heavy (non-hydrogen) atoms. The lowest BCUT2D eigenvalue weighted by Crippen LogP contribution is -2.46. The third-order valence-corrected chi connectivity index (χ3v) is 8.87. The minimum atomic E-state index is 0.326. The minimum absolute atomic E-state index is 0.326. The first kappa shape index (κ1) is 22.7. The molecule has 0 spiro atoms. The van der Waals surface area contributed by atoms with E-state index < -0.39 is 0 Å². The fraction of sp³-hybridized carbons (Fsp3) is 0.517. The highest BCUT2D eigenvalue weighted by Gasteiger charge is 2.40. The Labute approximate surface area is 207 Å². The summed E-state index contributed by atoms with van der Waals surface area (Å²) < 4.78 is 11.3. The molecule has 0 radical (unpaired) electrons. The molecule has 1 saturated heterocycles. The fourth-order valence-electron chi connectivity index (χ4n) is 7.06. The molecule has 1 aromatic heterocycles. The molecule has 6 rings (SSSR count). The lowest BCUT2D eigenvalue weighted by Gasteiger charge is -2.48. The number of hydrogen-bond acceptors (Lipinski definition) is 5. The number of phenolic OH excluding ortho intramolecular Hbond substituents is 1. The largest absolute Gasteiger partial charge is 0.508 e. The predicted octanol–water partition coefficient (Wildman–Crippen LogP) is 5.11. The molecular weight excluding hydrogens is 438 g/mol. The molecule has 0 bridgehead atoms. The standard InChI is InChI=1S/C29H37N3O3/c1-4-17-16-32-10-8-18-13-27(34-2)28(35-3)15-22(18)26(32)12-19(17)11-25-29-21(7-9-30-25)23-14-20(33)5-6-24(23)31-29/h5-6,13-15,17,19,25-26,30-31,33H,4,7-12,16H2,1-3H3/t17?,19-,25+,26-/m0/s1. The van der Waals surface area contributed by atoms with Gasteiger partial charge in [-0.15, -0.1) is 0 Å². The topological polar surface area (TPSA) is 69.8 Å². The summed E-state index contributed by atoms with van der Waals surface area (Å²) in [5, 5.41) is 15.1. The average Bonchev–Trinajstić information content (AvgIpc) is 3.26. The van der Waals surface area contributed by atoms with Gasteiger partial charge < -0.3 is 24.9 Å². The number of ether oxygens (including phenoxy) is 2. The van der Waals surface area contributed by atoms with Crippen LogP contribution < -0.4 is 14.8 Å². The monoisotopic (exact) mass is 475 g/mol. The normalized spacial score (nSPS) is 26.1. The van der Waals surface area contributed by atoms with E-state index in [2.05, 4.69) is 34.3 Å². The quantitative estimate of drug-likeness (QED) is 0.478. The second kappa shape index (κ2) is 9.07. The number of methoxy groups -OCH3 is 2. The summed E-state index contributed by atoms with van der Waals surface area (Å²) in [5.41, 5.74) is 6.66. The molecule has 3 aromatic rings. The van der Waals surface area contributed by atoms with Crippen LogP contribution in [0.2, 0.25) is 0 Å². The smallest absolute Gasteiger partial charge is 0.161 e. The van der Waals surface area contributed by atoms with Gasteiger partial charge in [0, 0.05) is 41.8 Å². The van der Waals surface area contributed by atoms with Gasteiger partial charge in [-0.25, -0.2) is 0 Å². The molecule has 6 nitrogen and oxygen atoms in total. The van der Waals surface area contributed by atoms with Crippen molar-refractivity contribution in [2.75, 3.05) is 33.9 Å². The van der Waals surface area contributed by atoms with Crippen molar-refractivity contribution >= 4 is 10.9 Å². The first-order chi connectivity index (χ1) is 17.1. The molecule has 3 aliphatic rings. The molecule has 186 valence electrons. The molecule has 2 aromatic carbocycles. The van der Waals surface area contributed by atoms with E-state index >= 15 is 0 Å². The van der Waals surface area contributed by atoms with E-state index in [4.69, 9.17) is 9.47 Å². The summed E-state index contributed by atoms with van der Waals surface area (Å²) in [6.07, 6.45) is 5.60. The summed E-state index contributed by atoms with van der Waals surface area (Å²) in [5.74, 6) is 3.36. The number of aromatic amines is 1. The number of nitrogens with one attached hydrogen (secondary N) is 2. The van der Waals surface area contributed by atoms with Gasteiger partial charge in [-0.1, -0.05) is 13.3 Å². The van der Waals surface area contributed by atoms with Crippen LogP contribution in [0, 0.1) is 11.8 Å². The Morgan fingerprint density at radius 3 is 2.69 bits per heavy atom. The molecule has 4 heterocycles. The molecule has 1 fully saturated rings. The van der Waals surface area contributed by atoms with Crippen LogP contribution in [0.5, 0.6) is 17.2 Å². The Kier molecular flexibility index (Phi) is 5.89. The maximum atomic E-state index is 10.1. The number of aromatic hydroxyl groups is 1. The van der Waals surface area contributed by atoms with Gasteiger partial charge in [-0.2, -0.15) is 0 Å². The number of piperidine rings is 1. The van der Waals surface area contributed by atoms with Gasteiger partial charge in [0.2, 0.25) is 0 Å². The van der Waals surface area contributed by atoms with Crippen molar-refractivity contribution in [3.8, 4) is 17.2 Å². The van der Waals surface area contributed by atoms with Crippen molar-refractivity contribution in [3.05, 3.63) is 52.7 Å². The van der Waals surface area contributed by atoms with Crippen molar-refractivity contribution in [1.29, 1.82) is 0 Å². The van der Waals surface area contributed by atoms with E-state index in [1.54, 1.807) is 20.3 Å². The number of aromatic nitrogens is 1. The van der Waals surface area contributed by atoms with Gasteiger partial charge in [-0.3, -0.25) is 4.90 Å². The summed E-state index contributed by atoms with van der Waals surface area (Å²) in [6.45, 7) is 5.63. The van der Waals surface area contributed by atoms with Crippen LogP contribution in [0.25, 0.3) is 10.9 Å². The van der Waals surface area contributed by atoms with Crippen LogP contribution in [-0.2, 0) is 12.8 Å². The zero-order valence-electron chi connectivity index (χ0n) is 21.1. The van der Waals surface area contributed by atoms with Gasteiger partial charge in [0.25, 0.3) is 0 Å². The molecule has 3 N–H and O–H groups in total. The fourth-order valence-corrected chi connectivity index (χ4v) is 7.06. The second-order valence-corrected chi connectivity index (χ2v) is 10.6. The molecular formula is C29H37N3O3. The Morgan fingerprint density at radius 1 is 1.06 bits per heavy atom. The zero-order chi connectivity index (χ0) is 24.1. The van der Waals surface area contributed by atoms with E-state index in [1.165, 1.54) is 47.2 Å². The molecule has 4 atom stereocenters. The predicted molar refractivity (Wildman–Crippen MR) is 138 cm³/mol. The van der Waals surface area contributed by atoms with E-state index in [-0.39, 0.29) is 0 Å². The lowest BCUT2D eigenvalue weighted by atomic mass is 9.73. The SMILES string of the molecule is CCC1CN2CCc3cc(OC)c(OC)cc3[C@@H]2C[C@@H]1C[C@H]1NCCc2c1[nH]c1ccc(O)cc21. The molecule has 3 aliphatic heterocycles. The highest BCUT2D eigenvalue weighted by molar-refractivity contribution is 5.86. The first-order valence-corrected chi connectivity index (χ1v) is 13.1. The zero-order valence-corrected chi connectivity index (χ0v) is 21.1. The van der Waals surface area contributed by atoms with Crippen LogP contribution in [0.1, 0.15) is 60.7 Å². The Balaban J connectivity index is 1.30. The highest BCUT2D eigenvalue weighted by atomic mass is 16.5. The molecule has 0 saturated carbocycles. The number of benzene rings is 2. The number of phenols is 1. The number of H-pyrrole nitrogens is 1.